The van der Waals surface area contributed by atoms with Gasteiger partial charge in [0.15, 0.2) is 0 Å². The van der Waals surface area contributed by atoms with Crippen LogP contribution in [0.25, 0.3) is 10.8 Å². The van der Waals surface area contributed by atoms with Crippen LogP contribution in [0.1, 0.15) is 38.9 Å². The summed E-state index contributed by atoms with van der Waals surface area (Å²) in [6.45, 7) is 6.47. The molecule has 0 saturated heterocycles. The van der Waals surface area contributed by atoms with E-state index in [4.69, 9.17) is 0 Å². The van der Waals surface area contributed by atoms with E-state index < -0.39 is 6.10 Å². The van der Waals surface area contributed by atoms with E-state index in [1.165, 1.54) is 0 Å². The van der Waals surface area contributed by atoms with E-state index >= 15 is 0 Å². The van der Waals surface area contributed by atoms with Crippen molar-refractivity contribution >= 4 is 10.8 Å². The zero-order valence-corrected chi connectivity index (χ0v) is 11.3. The van der Waals surface area contributed by atoms with Crippen molar-refractivity contribution in [2.45, 2.75) is 33.3 Å². The van der Waals surface area contributed by atoms with Crippen LogP contribution in [0, 0.1) is 11.8 Å². The number of aromatic nitrogens is 1. The second-order valence-electron chi connectivity index (χ2n) is 5.50. The topological polar surface area (TPSA) is 33.1 Å². The Labute approximate surface area is 109 Å². The lowest BCUT2D eigenvalue weighted by Crippen LogP contribution is -2.12. The molecule has 0 bridgehead atoms. The van der Waals surface area contributed by atoms with Crippen molar-refractivity contribution in [3.63, 3.8) is 0 Å². The third-order valence-corrected chi connectivity index (χ3v) is 3.40. The molecule has 2 atom stereocenters. The van der Waals surface area contributed by atoms with E-state index in [2.05, 4.69) is 31.8 Å². The summed E-state index contributed by atoms with van der Waals surface area (Å²) in [6, 6.07) is 8.09. The smallest absolute Gasteiger partial charge is 0.0836 e. The van der Waals surface area contributed by atoms with Gasteiger partial charge in [-0.3, -0.25) is 4.98 Å². The lowest BCUT2D eigenvalue weighted by atomic mass is 9.89. The number of fused-ring (bicyclic) bond motifs is 1. The Kier molecular flexibility index (Phi) is 3.97. The first-order chi connectivity index (χ1) is 8.59. The molecule has 1 aromatic heterocycles. The molecule has 1 heterocycles. The molecule has 0 aliphatic carbocycles. The van der Waals surface area contributed by atoms with Crippen LogP contribution in [-0.4, -0.2) is 10.1 Å². The molecule has 18 heavy (non-hydrogen) atoms. The minimum atomic E-state index is -0.439. The fraction of sp³-hybridized carbons (Fsp3) is 0.438. The summed E-state index contributed by atoms with van der Waals surface area (Å²) in [4.78, 5) is 4.24. The molecule has 0 saturated carbocycles. The molecule has 2 unspecified atom stereocenters. The van der Waals surface area contributed by atoms with Crippen LogP contribution in [0.2, 0.25) is 0 Å². The summed E-state index contributed by atoms with van der Waals surface area (Å²) < 4.78 is 0. The average Bonchev–Trinajstić information content (AvgIpc) is 2.36. The second kappa shape index (κ2) is 5.49. The van der Waals surface area contributed by atoms with Crippen LogP contribution in [0.15, 0.2) is 36.7 Å². The molecule has 1 aromatic carbocycles. The fourth-order valence-electron chi connectivity index (χ4n) is 2.55. The van der Waals surface area contributed by atoms with Crippen LogP contribution in [0.5, 0.6) is 0 Å². The van der Waals surface area contributed by atoms with Gasteiger partial charge >= 0.3 is 0 Å². The highest BCUT2D eigenvalue weighted by atomic mass is 16.3. The number of aliphatic hydroxyl groups is 1. The first-order valence-corrected chi connectivity index (χ1v) is 6.60. The average molecular weight is 243 g/mol. The molecule has 0 aliphatic rings. The summed E-state index contributed by atoms with van der Waals surface area (Å²) in [5.74, 6) is 0.843. The molecular weight excluding hydrogens is 222 g/mol. The number of pyridine rings is 1. The van der Waals surface area contributed by atoms with Gasteiger partial charge in [-0.1, -0.05) is 45.0 Å². The maximum absolute atomic E-state index is 10.5. The maximum atomic E-state index is 10.5. The van der Waals surface area contributed by atoms with E-state index in [9.17, 15) is 5.11 Å². The van der Waals surface area contributed by atoms with Crippen LogP contribution < -0.4 is 0 Å². The van der Waals surface area contributed by atoms with Gasteiger partial charge in [-0.25, -0.2) is 0 Å². The van der Waals surface area contributed by atoms with E-state index in [0.29, 0.717) is 5.92 Å². The number of benzene rings is 1. The Morgan fingerprint density at radius 3 is 2.56 bits per heavy atom. The van der Waals surface area contributed by atoms with E-state index in [0.717, 1.165) is 22.8 Å². The van der Waals surface area contributed by atoms with Crippen molar-refractivity contribution in [3.8, 4) is 0 Å². The van der Waals surface area contributed by atoms with Gasteiger partial charge < -0.3 is 5.11 Å². The van der Waals surface area contributed by atoms with Gasteiger partial charge in [0.2, 0.25) is 0 Å². The molecule has 2 heteroatoms. The Bertz CT molecular complexity index is 516. The van der Waals surface area contributed by atoms with Crippen molar-refractivity contribution in [3.05, 3.63) is 42.2 Å². The normalized spacial score (nSPS) is 14.9. The number of aliphatic hydroxyl groups excluding tert-OH is 1. The highest BCUT2D eigenvalue weighted by Gasteiger charge is 2.19. The van der Waals surface area contributed by atoms with E-state index in [1.54, 1.807) is 6.20 Å². The summed E-state index contributed by atoms with van der Waals surface area (Å²) in [6.07, 6.45) is 4.22. The first kappa shape index (κ1) is 13.0. The van der Waals surface area contributed by atoms with Crippen LogP contribution in [-0.2, 0) is 0 Å². The molecule has 0 aliphatic heterocycles. The Morgan fingerprint density at radius 2 is 1.83 bits per heavy atom. The number of hydrogen-bond donors (Lipinski definition) is 1. The van der Waals surface area contributed by atoms with Gasteiger partial charge in [-0.2, -0.15) is 0 Å². The molecule has 0 amide bonds. The molecule has 0 radical (unpaired) electrons. The summed E-state index contributed by atoms with van der Waals surface area (Å²) in [5, 5.41) is 12.7. The van der Waals surface area contributed by atoms with Gasteiger partial charge in [0.05, 0.1) is 6.10 Å². The van der Waals surface area contributed by atoms with Crippen LogP contribution in [0.4, 0.5) is 0 Å². The zero-order valence-electron chi connectivity index (χ0n) is 11.3. The van der Waals surface area contributed by atoms with Gasteiger partial charge in [0, 0.05) is 23.3 Å². The third-order valence-electron chi connectivity index (χ3n) is 3.40. The fourth-order valence-corrected chi connectivity index (χ4v) is 2.55. The maximum Gasteiger partial charge on any atom is 0.0836 e. The lowest BCUT2D eigenvalue weighted by Gasteiger charge is -2.21. The predicted octanol–water partition coefficient (Wildman–Crippen LogP) is 3.95. The van der Waals surface area contributed by atoms with Crippen LogP contribution in [0.3, 0.4) is 0 Å². The second-order valence-corrected chi connectivity index (χ2v) is 5.50. The summed E-state index contributed by atoms with van der Waals surface area (Å²) in [5.41, 5.74) is 0.946. The van der Waals surface area contributed by atoms with E-state index in [1.807, 2.05) is 24.4 Å². The van der Waals surface area contributed by atoms with Crippen LogP contribution >= 0.6 is 0 Å². The zero-order chi connectivity index (χ0) is 13.1. The van der Waals surface area contributed by atoms with Crippen molar-refractivity contribution in [1.82, 2.24) is 4.98 Å². The lowest BCUT2D eigenvalue weighted by molar-refractivity contribution is 0.106. The first-order valence-electron chi connectivity index (χ1n) is 6.60. The quantitative estimate of drug-likeness (QED) is 0.882. The van der Waals surface area contributed by atoms with Crippen molar-refractivity contribution in [2.75, 3.05) is 0 Å². The summed E-state index contributed by atoms with van der Waals surface area (Å²) >= 11 is 0. The monoisotopic (exact) mass is 243 g/mol. The number of nitrogens with zero attached hydrogens (tertiary/aromatic N) is 1. The molecule has 2 nitrogen and oxygen atoms in total. The van der Waals surface area contributed by atoms with E-state index in [-0.39, 0.29) is 5.92 Å². The van der Waals surface area contributed by atoms with Crippen molar-refractivity contribution < 1.29 is 5.11 Å². The molecule has 2 aromatic rings. The highest BCUT2D eigenvalue weighted by Crippen LogP contribution is 2.31. The van der Waals surface area contributed by atoms with Gasteiger partial charge in [0.1, 0.15) is 0 Å². The SMILES string of the molecule is CC(C)CC(C)C(O)c1cncc2ccccc12. The van der Waals surface area contributed by atoms with Crippen molar-refractivity contribution in [1.29, 1.82) is 0 Å². The number of hydrogen-bond acceptors (Lipinski definition) is 2. The van der Waals surface area contributed by atoms with Gasteiger partial charge in [-0.05, 0) is 23.6 Å². The minimum Gasteiger partial charge on any atom is -0.388 e. The Morgan fingerprint density at radius 1 is 1.11 bits per heavy atom. The molecule has 2 rings (SSSR count). The Balaban J connectivity index is 2.35. The molecule has 96 valence electrons. The Hall–Kier alpha value is -1.41. The standard InChI is InChI=1S/C16H21NO/c1-11(2)8-12(3)16(18)15-10-17-9-13-6-4-5-7-14(13)15/h4-7,9-12,16,18H,8H2,1-3H3. The molecule has 1 N–H and O–H groups in total. The summed E-state index contributed by atoms with van der Waals surface area (Å²) in [7, 11) is 0. The minimum absolute atomic E-state index is 0.248. The predicted molar refractivity (Wildman–Crippen MR) is 75.3 cm³/mol. The van der Waals surface area contributed by atoms with Gasteiger partial charge in [0.25, 0.3) is 0 Å². The number of rotatable bonds is 4. The largest absolute Gasteiger partial charge is 0.388 e. The third kappa shape index (κ3) is 2.70. The van der Waals surface area contributed by atoms with Gasteiger partial charge in [-0.15, -0.1) is 0 Å². The van der Waals surface area contributed by atoms with Crippen molar-refractivity contribution in [2.24, 2.45) is 11.8 Å². The highest BCUT2D eigenvalue weighted by molar-refractivity contribution is 5.84. The molecule has 0 spiro atoms. The molecular formula is C16H21NO. The molecule has 0 fully saturated rings.